The van der Waals surface area contributed by atoms with Crippen LogP contribution in [0.25, 0.3) is 0 Å². The first-order valence-electron chi connectivity index (χ1n) is 6.41. The van der Waals surface area contributed by atoms with Crippen LogP contribution in [0.4, 0.5) is 0 Å². The SMILES string of the molecule is CCOC(=O)C(C(=O)NC1CCOC1)C(C)(C)C. The van der Waals surface area contributed by atoms with E-state index in [4.69, 9.17) is 9.47 Å². The Morgan fingerprint density at radius 2 is 2.11 bits per heavy atom. The van der Waals surface area contributed by atoms with E-state index in [9.17, 15) is 9.59 Å². The Bertz CT molecular complexity index is 303. The molecule has 2 unspecified atom stereocenters. The molecule has 0 aromatic heterocycles. The van der Waals surface area contributed by atoms with Crippen molar-refractivity contribution in [1.29, 1.82) is 0 Å². The zero-order valence-corrected chi connectivity index (χ0v) is 11.6. The molecule has 2 atom stereocenters. The quantitative estimate of drug-likeness (QED) is 0.605. The van der Waals surface area contributed by atoms with E-state index in [1.165, 1.54) is 0 Å². The molecule has 1 aliphatic rings. The zero-order chi connectivity index (χ0) is 13.8. The van der Waals surface area contributed by atoms with Crippen LogP contribution in [0.1, 0.15) is 34.1 Å². The van der Waals surface area contributed by atoms with Gasteiger partial charge in [-0.3, -0.25) is 9.59 Å². The normalized spacial score (nSPS) is 21.4. The smallest absolute Gasteiger partial charge is 0.319 e. The third kappa shape index (κ3) is 3.98. The predicted molar refractivity (Wildman–Crippen MR) is 66.9 cm³/mol. The summed E-state index contributed by atoms with van der Waals surface area (Å²) in [6, 6.07) is 0.0109. The van der Waals surface area contributed by atoms with Gasteiger partial charge in [0.2, 0.25) is 5.91 Å². The standard InChI is InChI=1S/C13H23NO4/c1-5-18-12(16)10(13(2,3)4)11(15)14-9-6-7-17-8-9/h9-10H,5-8H2,1-4H3,(H,14,15). The molecule has 0 aromatic carbocycles. The molecule has 1 saturated heterocycles. The minimum absolute atomic E-state index is 0.0109. The molecule has 104 valence electrons. The minimum atomic E-state index is -0.780. The molecule has 0 bridgehead atoms. The Labute approximate surface area is 108 Å². The van der Waals surface area contributed by atoms with Crippen molar-refractivity contribution in [3.63, 3.8) is 0 Å². The summed E-state index contributed by atoms with van der Waals surface area (Å²) in [5, 5.41) is 2.86. The number of hydrogen-bond acceptors (Lipinski definition) is 4. The summed E-state index contributed by atoms with van der Waals surface area (Å²) in [5.41, 5.74) is -0.463. The van der Waals surface area contributed by atoms with E-state index in [0.717, 1.165) is 6.42 Å². The fourth-order valence-corrected chi connectivity index (χ4v) is 2.01. The summed E-state index contributed by atoms with van der Waals surface area (Å²) < 4.78 is 10.2. The molecule has 18 heavy (non-hydrogen) atoms. The molecule has 1 amide bonds. The van der Waals surface area contributed by atoms with Crippen molar-refractivity contribution in [2.45, 2.75) is 40.2 Å². The lowest BCUT2D eigenvalue weighted by atomic mass is 9.80. The van der Waals surface area contributed by atoms with Crippen LogP contribution in [-0.2, 0) is 19.1 Å². The first-order chi connectivity index (χ1) is 8.36. The van der Waals surface area contributed by atoms with Crippen LogP contribution in [0.15, 0.2) is 0 Å². The van der Waals surface area contributed by atoms with Gasteiger partial charge in [0, 0.05) is 6.61 Å². The van der Waals surface area contributed by atoms with Gasteiger partial charge in [-0.15, -0.1) is 0 Å². The van der Waals surface area contributed by atoms with Crippen molar-refractivity contribution in [2.24, 2.45) is 11.3 Å². The topological polar surface area (TPSA) is 64.6 Å². The highest BCUT2D eigenvalue weighted by atomic mass is 16.5. The molecule has 5 heteroatoms. The van der Waals surface area contributed by atoms with Crippen molar-refractivity contribution in [3.8, 4) is 0 Å². The van der Waals surface area contributed by atoms with Crippen LogP contribution >= 0.6 is 0 Å². The van der Waals surface area contributed by atoms with Crippen LogP contribution in [0.5, 0.6) is 0 Å². The lowest BCUT2D eigenvalue weighted by molar-refractivity contribution is -0.156. The molecule has 0 spiro atoms. The number of esters is 1. The second-order valence-electron chi connectivity index (χ2n) is 5.62. The summed E-state index contributed by atoms with van der Waals surface area (Å²) in [7, 11) is 0. The van der Waals surface area contributed by atoms with Gasteiger partial charge < -0.3 is 14.8 Å². The number of carbonyl (C=O) groups excluding carboxylic acids is 2. The number of nitrogens with one attached hydrogen (secondary N) is 1. The maximum Gasteiger partial charge on any atom is 0.319 e. The predicted octanol–water partition coefficient (Wildman–Crippen LogP) is 1.12. The highest BCUT2D eigenvalue weighted by molar-refractivity contribution is 5.98. The van der Waals surface area contributed by atoms with Gasteiger partial charge in [-0.25, -0.2) is 0 Å². The van der Waals surface area contributed by atoms with Gasteiger partial charge in [-0.1, -0.05) is 20.8 Å². The van der Waals surface area contributed by atoms with E-state index in [1.54, 1.807) is 6.92 Å². The molecule has 1 heterocycles. The fourth-order valence-electron chi connectivity index (χ4n) is 2.01. The monoisotopic (exact) mass is 257 g/mol. The Hall–Kier alpha value is -1.10. The molecular weight excluding hydrogens is 234 g/mol. The largest absolute Gasteiger partial charge is 0.465 e. The number of ether oxygens (including phenoxy) is 2. The van der Waals surface area contributed by atoms with Gasteiger partial charge in [-0.2, -0.15) is 0 Å². The Morgan fingerprint density at radius 1 is 1.44 bits per heavy atom. The van der Waals surface area contributed by atoms with E-state index >= 15 is 0 Å². The maximum absolute atomic E-state index is 12.2. The van der Waals surface area contributed by atoms with E-state index < -0.39 is 17.3 Å². The maximum atomic E-state index is 12.2. The third-order valence-corrected chi connectivity index (χ3v) is 2.93. The van der Waals surface area contributed by atoms with E-state index in [0.29, 0.717) is 13.2 Å². The van der Waals surface area contributed by atoms with Gasteiger partial charge >= 0.3 is 5.97 Å². The van der Waals surface area contributed by atoms with Gasteiger partial charge in [0.15, 0.2) is 0 Å². The first-order valence-corrected chi connectivity index (χ1v) is 6.41. The number of hydrogen-bond donors (Lipinski definition) is 1. The average molecular weight is 257 g/mol. The van der Waals surface area contributed by atoms with Gasteiger partial charge in [0.05, 0.1) is 19.3 Å². The Morgan fingerprint density at radius 3 is 2.56 bits per heavy atom. The molecule has 0 aromatic rings. The highest BCUT2D eigenvalue weighted by Crippen LogP contribution is 2.27. The van der Waals surface area contributed by atoms with Crippen LogP contribution in [0, 0.1) is 11.3 Å². The van der Waals surface area contributed by atoms with E-state index in [-0.39, 0.29) is 18.6 Å². The molecule has 5 nitrogen and oxygen atoms in total. The third-order valence-electron chi connectivity index (χ3n) is 2.93. The summed E-state index contributed by atoms with van der Waals surface area (Å²) >= 11 is 0. The van der Waals surface area contributed by atoms with E-state index in [1.807, 2.05) is 20.8 Å². The molecule has 1 N–H and O–H groups in total. The molecule has 0 aliphatic carbocycles. The van der Waals surface area contributed by atoms with Crippen molar-refractivity contribution >= 4 is 11.9 Å². The molecule has 1 rings (SSSR count). The second-order valence-corrected chi connectivity index (χ2v) is 5.62. The molecule has 0 saturated carbocycles. The van der Waals surface area contributed by atoms with Crippen LogP contribution in [0.3, 0.4) is 0 Å². The summed E-state index contributed by atoms with van der Waals surface area (Å²) in [4.78, 5) is 24.1. The van der Waals surface area contributed by atoms with Gasteiger partial charge in [-0.05, 0) is 18.8 Å². The average Bonchev–Trinajstić information content (AvgIpc) is 2.68. The number of amides is 1. The van der Waals surface area contributed by atoms with Crippen molar-refractivity contribution in [1.82, 2.24) is 5.32 Å². The number of rotatable bonds is 4. The minimum Gasteiger partial charge on any atom is -0.465 e. The summed E-state index contributed by atoms with van der Waals surface area (Å²) in [5.74, 6) is -1.50. The van der Waals surface area contributed by atoms with Gasteiger partial charge in [0.25, 0.3) is 0 Å². The molecule has 0 radical (unpaired) electrons. The Kier molecular flexibility index (Phi) is 5.14. The first kappa shape index (κ1) is 15.0. The van der Waals surface area contributed by atoms with Crippen molar-refractivity contribution in [2.75, 3.05) is 19.8 Å². The lowest BCUT2D eigenvalue weighted by Crippen LogP contribution is -2.47. The second kappa shape index (κ2) is 6.18. The zero-order valence-electron chi connectivity index (χ0n) is 11.6. The van der Waals surface area contributed by atoms with Crippen LogP contribution in [0.2, 0.25) is 0 Å². The van der Waals surface area contributed by atoms with Gasteiger partial charge in [0.1, 0.15) is 5.92 Å². The van der Waals surface area contributed by atoms with Crippen LogP contribution < -0.4 is 5.32 Å². The lowest BCUT2D eigenvalue weighted by Gasteiger charge is -2.28. The number of carbonyl (C=O) groups is 2. The molecular formula is C13H23NO4. The van der Waals surface area contributed by atoms with Crippen molar-refractivity contribution in [3.05, 3.63) is 0 Å². The Balaban J connectivity index is 2.69. The summed E-state index contributed by atoms with van der Waals surface area (Å²) in [6.07, 6.45) is 0.797. The van der Waals surface area contributed by atoms with Crippen LogP contribution in [-0.4, -0.2) is 37.7 Å². The van der Waals surface area contributed by atoms with Crippen molar-refractivity contribution < 1.29 is 19.1 Å². The molecule has 1 fully saturated rings. The summed E-state index contributed by atoms with van der Waals surface area (Å²) in [6.45, 7) is 8.78. The highest BCUT2D eigenvalue weighted by Gasteiger charge is 2.39. The van der Waals surface area contributed by atoms with E-state index in [2.05, 4.69) is 5.32 Å². The fraction of sp³-hybridized carbons (Fsp3) is 0.846. The molecule has 1 aliphatic heterocycles.